The van der Waals surface area contributed by atoms with Crippen LogP contribution in [0.2, 0.25) is 0 Å². The third-order valence-corrected chi connectivity index (χ3v) is 1.26. The molecular formula is C8H7NO3. The second-order valence-corrected chi connectivity index (χ2v) is 2.20. The van der Waals surface area contributed by atoms with Gasteiger partial charge in [-0.3, -0.25) is 10.1 Å². The van der Waals surface area contributed by atoms with Gasteiger partial charge in [0.25, 0.3) is 0 Å². The summed E-state index contributed by atoms with van der Waals surface area (Å²) in [5, 5.41) is 18.9. The predicted molar refractivity (Wildman–Crippen MR) is 44.1 cm³/mol. The van der Waals surface area contributed by atoms with E-state index in [1.54, 1.807) is 12.1 Å². The average Bonchev–Trinajstić information content (AvgIpc) is 2.01. The van der Waals surface area contributed by atoms with Crippen molar-refractivity contribution in [2.45, 2.75) is 0 Å². The van der Waals surface area contributed by atoms with E-state index in [1.807, 2.05) is 0 Å². The van der Waals surface area contributed by atoms with Crippen molar-refractivity contribution in [3.63, 3.8) is 0 Å². The minimum absolute atomic E-state index is 0.0977. The smallest absolute Gasteiger partial charge is 0.235 e. The Balaban J connectivity index is 2.83. The molecule has 0 atom stereocenters. The summed E-state index contributed by atoms with van der Waals surface area (Å²) in [6.07, 6.45) is 2.15. The third kappa shape index (κ3) is 2.42. The first-order valence-corrected chi connectivity index (χ1v) is 3.29. The zero-order chi connectivity index (χ0) is 8.97. The number of aromatic hydroxyl groups is 1. The summed E-state index contributed by atoms with van der Waals surface area (Å²) < 4.78 is 0. The highest BCUT2D eigenvalue weighted by atomic mass is 16.6. The molecule has 0 radical (unpaired) electrons. The Morgan fingerprint density at radius 3 is 2.83 bits per heavy atom. The lowest BCUT2D eigenvalue weighted by atomic mass is 10.2. The van der Waals surface area contributed by atoms with Crippen LogP contribution in [0.25, 0.3) is 6.08 Å². The van der Waals surface area contributed by atoms with E-state index in [-0.39, 0.29) is 5.75 Å². The lowest BCUT2D eigenvalue weighted by Gasteiger charge is -1.91. The number of phenols is 1. The number of benzene rings is 1. The summed E-state index contributed by atoms with van der Waals surface area (Å²) in [5.74, 6) is 0.0977. The fourth-order valence-corrected chi connectivity index (χ4v) is 0.775. The Morgan fingerprint density at radius 2 is 2.25 bits per heavy atom. The maximum Gasteiger partial charge on any atom is 0.235 e. The number of nitro groups is 1. The lowest BCUT2D eigenvalue weighted by molar-refractivity contribution is -0.400. The van der Waals surface area contributed by atoms with Crippen LogP contribution in [-0.4, -0.2) is 10.0 Å². The van der Waals surface area contributed by atoms with Gasteiger partial charge < -0.3 is 5.11 Å². The highest BCUT2D eigenvalue weighted by Crippen LogP contribution is 2.11. The third-order valence-electron chi connectivity index (χ3n) is 1.26. The van der Waals surface area contributed by atoms with Crippen LogP contribution < -0.4 is 0 Å². The van der Waals surface area contributed by atoms with Gasteiger partial charge in [-0.15, -0.1) is 0 Å². The Labute approximate surface area is 68.9 Å². The van der Waals surface area contributed by atoms with Crippen LogP contribution in [0, 0.1) is 10.1 Å². The summed E-state index contributed by atoms with van der Waals surface area (Å²) in [7, 11) is 0. The van der Waals surface area contributed by atoms with Crippen molar-refractivity contribution in [2.24, 2.45) is 0 Å². The summed E-state index contributed by atoms with van der Waals surface area (Å²) in [4.78, 5) is 9.36. The van der Waals surface area contributed by atoms with Crippen LogP contribution in [0.15, 0.2) is 30.5 Å². The second kappa shape index (κ2) is 3.52. The molecule has 0 aromatic heterocycles. The van der Waals surface area contributed by atoms with Gasteiger partial charge in [-0.1, -0.05) is 12.1 Å². The van der Waals surface area contributed by atoms with E-state index in [1.165, 1.54) is 18.2 Å². The molecule has 0 fully saturated rings. The molecule has 0 aliphatic heterocycles. The van der Waals surface area contributed by atoms with E-state index in [0.717, 1.165) is 6.20 Å². The van der Waals surface area contributed by atoms with E-state index in [9.17, 15) is 10.1 Å². The zero-order valence-electron chi connectivity index (χ0n) is 6.18. The molecule has 0 bridgehead atoms. The van der Waals surface area contributed by atoms with Crippen molar-refractivity contribution in [3.05, 3.63) is 46.1 Å². The molecule has 1 aromatic rings. The first-order chi connectivity index (χ1) is 5.68. The summed E-state index contributed by atoms with van der Waals surface area (Å²) in [6.45, 7) is 0. The maximum atomic E-state index is 9.91. The van der Waals surface area contributed by atoms with Gasteiger partial charge in [0.15, 0.2) is 0 Å². The highest BCUT2D eigenvalue weighted by molar-refractivity contribution is 5.50. The minimum Gasteiger partial charge on any atom is -0.508 e. The molecule has 0 heterocycles. The quantitative estimate of drug-likeness (QED) is 0.535. The predicted octanol–water partition coefficient (Wildman–Crippen LogP) is 1.64. The van der Waals surface area contributed by atoms with Gasteiger partial charge >= 0.3 is 0 Å². The van der Waals surface area contributed by atoms with E-state index >= 15 is 0 Å². The SMILES string of the molecule is O=[N+]([O-])/C=C/c1cccc(O)c1. The Kier molecular flexibility index (Phi) is 2.42. The van der Waals surface area contributed by atoms with Gasteiger partial charge in [0.2, 0.25) is 6.20 Å². The first kappa shape index (κ1) is 8.26. The van der Waals surface area contributed by atoms with E-state index < -0.39 is 4.92 Å². The van der Waals surface area contributed by atoms with E-state index in [4.69, 9.17) is 5.11 Å². The normalized spacial score (nSPS) is 10.3. The molecule has 1 rings (SSSR count). The van der Waals surface area contributed by atoms with Gasteiger partial charge in [0, 0.05) is 6.08 Å². The topological polar surface area (TPSA) is 63.4 Å². The fourth-order valence-electron chi connectivity index (χ4n) is 0.775. The number of hydrogen-bond donors (Lipinski definition) is 1. The van der Waals surface area contributed by atoms with Crippen LogP contribution >= 0.6 is 0 Å². The van der Waals surface area contributed by atoms with Crippen molar-refractivity contribution in [1.29, 1.82) is 0 Å². The van der Waals surface area contributed by atoms with Gasteiger partial charge in [0.1, 0.15) is 5.75 Å². The first-order valence-electron chi connectivity index (χ1n) is 3.29. The van der Waals surface area contributed by atoms with Crippen LogP contribution in [0.5, 0.6) is 5.75 Å². The molecule has 0 saturated heterocycles. The van der Waals surface area contributed by atoms with Crippen molar-refractivity contribution >= 4 is 6.08 Å². The molecule has 0 unspecified atom stereocenters. The molecule has 12 heavy (non-hydrogen) atoms. The van der Waals surface area contributed by atoms with Gasteiger partial charge in [0.05, 0.1) is 4.92 Å². The Morgan fingerprint density at radius 1 is 1.50 bits per heavy atom. The molecule has 0 amide bonds. The van der Waals surface area contributed by atoms with Crippen molar-refractivity contribution in [3.8, 4) is 5.75 Å². The zero-order valence-corrected chi connectivity index (χ0v) is 6.18. The van der Waals surface area contributed by atoms with Crippen LogP contribution in [0.1, 0.15) is 5.56 Å². The average molecular weight is 165 g/mol. The van der Waals surface area contributed by atoms with E-state index in [2.05, 4.69) is 0 Å². The van der Waals surface area contributed by atoms with Gasteiger partial charge in [-0.25, -0.2) is 0 Å². The molecule has 1 aromatic carbocycles. The van der Waals surface area contributed by atoms with E-state index in [0.29, 0.717) is 5.56 Å². The number of nitrogens with zero attached hydrogens (tertiary/aromatic N) is 1. The largest absolute Gasteiger partial charge is 0.508 e. The molecule has 4 nitrogen and oxygen atoms in total. The molecule has 0 aliphatic rings. The molecular weight excluding hydrogens is 158 g/mol. The molecule has 0 aliphatic carbocycles. The number of hydrogen-bond acceptors (Lipinski definition) is 3. The van der Waals surface area contributed by atoms with Crippen LogP contribution in [0.4, 0.5) is 0 Å². The van der Waals surface area contributed by atoms with Gasteiger partial charge in [-0.2, -0.15) is 0 Å². The molecule has 0 spiro atoms. The second-order valence-electron chi connectivity index (χ2n) is 2.20. The van der Waals surface area contributed by atoms with Crippen molar-refractivity contribution in [2.75, 3.05) is 0 Å². The van der Waals surface area contributed by atoms with Crippen molar-refractivity contribution in [1.82, 2.24) is 0 Å². The molecule has 4 heteroatoms. The number of phenolic OH excluding ortho intramolecular Hbond substituents is 1. The van der Waals surface area contributed by atoms with Crippen molar-refractivity contribution < 1.29 is 10.0 Å². The van der Waals surface area contributed by atoms with Crippen LogP contribution in [0.3, 0.4) is 0 Å². The monoisotopic (exact) mass is 165 g/mol. The maximum absolute atomic E-state index is 9.91. The lowest BCUT2D eigenvalue weighted by Crippen LogP contribution is -1.81. The summed E-state index contributed by atoms with van der Waals surface area (Å²) in [5.41, 5.74) is 0.603. The Bertz CT molecular complexity index is 320. The standard InChI is InChI=1S/C8H7NO3/c10-8-3-1-2-7(6-8)4-5-9(11)12/h1-6,10H/b5-4+. The van der Waals surface area contributed by atoms with Crippen LogP contribution in [-0.2, 0) is 0 Å². The molecule has 0 saturated carbocycles. The van der Waals surface area contributed by atoms with Gasteiger partial charge in [-0.05, 0) is 17.7 Å². The highest BCUT2D eigenvalue weighted by Gasteiger charge is 1.91. The summed E-state index contributed by atoms with van der Waals surface area (Å²) >= 11 is 0. The molecule has 1 N–H and O–H groups in total. The molecule has 62 valence electrons. The minimum atomic E-state index is -0.552. The number of rotatable bonds is 2. The Hall–Kier alpha value is -1.84. The fraction of sp³-hybridized carbons (Fsp3) is 0. The summed E-state index contributed by atoms with van der Waals surface area (Å²) in [6, 6.07) is 6.23.